The van der Waals surface area contributed by atoms with Crippen LogP contribution >= 0.6 is 0 Å². The summed E-state index contributed by atoms with van der Waals surface area (Å²) in [6, 6.07) is 11.6. The van der Waals surface area contributed by atoms with Gasteiger partial charge in [0.05, 0.1) is 11.1 Å². The van der Waals surface area contributed by atoms with Crippen molar-refractivity contribution in [1.29, 1.82) is 0 Å². The Hall–Kier alpha value is -9.29. The zero-order valence-corrected chi connectivity index (χ0v) is 46.0. The lowest BCUT2D eigenvalue weighted by molar-refractivity contribution is -0.143. The molecular weight excluding hydrogens is 1110 g/mol. The third-order valence-corrected chi connectivity index (χ3v) is 13.2. The molecule has 19 nitrogen and oxygen atoms in total. The number of amides is 7. The molecule has 0 unspecified atom stereocenters. The minimum absolute atomic E-state index is 0.132. The van der Waals surface area contributed by atoms with Crippen LogP contribution in [0.4, 0.5) is 26.3 Å². The third-order valence-electron chi connectivity index (χ3n) is 13.2. The van der Waals surface area contributed by atoms with Crippen molar-refractivity contribution in [3.05, 3.63) is 155 Å². The van der Waals surface area contributed by atoms with Crippen molar-refractivity contribution in [2.45, 2.75) is 102 Å². The summed E-state index contributed by atoms with van der Waals surface area (Å²) < 4.78 is 90.0. The first kappa shape index (κ1) is 63.9. The van der Waals surface area contributed by atoms with E-state index in [1.54, 1.807) is 82.3 Å². The molecule has 1 aromatic heterocycles. The largest absolute Gasteiger partial charge is 0.460 e. The highest BCUT2D eigenvalue weighted by molar-refractivity contribution is 5.99. The van der Waals surface area contributed by atoms with E-state index < -0.39 is 144 Å². The van der Waals surface area contributed by atoms with Crippen LogP contribution in [-0.4, -0.2) is 114 Å². The van der Waals surface area contributed by atoms with Gasteiger partial charge in [-0.2, -0.15) is 26.3 Å². The van der Waals surface area contributed by atoms with Crippen LogP contribution in [0.1, 0.15) is 68.0 Å². The predicted molar refractivity (Wildman–Crippen MR) is 294 cm³/mol. The lowest BCUT2D eigenvalue weighted by Gasteiger charge is -2.29. The maximum atomic E-state index is 14.8. The van der Waals surface area contributed by atoms with Gasteiger partial charge in [0.25, 0.3) is 0 Å². The van der Waals surface area contributed by atoms with Crippen LogP contribution < -0.4 is 37.2 Å². The minimum atomic E-state index is -4.64. The SMILES string of the molecule is CC(C)[C@H]1NC(=O)[C@H](Cc2ccccc2)NC(=O)[C@@H](C(C)C)NC(=O)[C@@H](C)NC(=O)[C@H](COC(=O)/C=C/c2ccc(C(F)(F)F)cc2)NC(=O)[C@@H](Cc2c[nH]c3ccccc23)NC(=O)[C@@H](COC(=O)/C=C/c2ccc(C(F)(F)F)cc2)NC1=O. The number of alkyl halides is 6. The Kier molecular flexibility index (Phi) is 21.8. The molecule has 8 N–H and O–H groups in total. The standard InChI is InChI=1S/C59H62F6N8O11/c1-32(2)49-56(81)69-43(27-37-11-7-6-8-12-37)53(78)73-50(33(3)4)57(82)71-46(31-84-48(75)26-20-36-17-23-40(24-18-36)59(63,64)65)55(80)68-44(28-38-29-66-42-14-10-9-13-41(38)42)52(77)70-45(54(79)67-34(5)51(76)72-49)30-83-47(74)25-19-35-15-21-39(22-16-35)58(60,61)62/h6-26,29,32-34,43-46,49-50,66H,27-28,30-31H2,1-5H3,(H,67,79)(H,68,80)(H,69,81)(H,70,77)(H,71,82)(H,72,76)(H,73,78)/b25-19+,26-20+/t34-,43+,44-,45+,46-,49-,50-/m1/s1. The van der Waals surface area contributed by atoms with Gasteiger partial charge in [-0.1, -0.05) is 100 Å². The highest BCUT2D eigenvalue weighted by Gasteiger charge is 2.38. The van der Waals surface area contributed by atoms with Crippen LogP contribution in [0.2, 0.25) is 0 Å². The number of aromatic amines is 1. The highest BCUT2D eigenvalue weighted by Crippen LogP contribution is 2.30. The Morgan fingerprint density at radius 2 is 0.893 bits per heavy atom. The van der Waals surface area contributed by atoms with Crippen molar-refractivity contribution in [3.8, 4) is 0 Å². The smallest absolute Gasteiger partial charge is 0.416 e. The number of nitrogens with one attached hydrogen (secondary N) is 8. The monoisotopic (exact) mass is 1170 g/mol. The summed E-state index contributed by atoms with van der Waals surface area (Å²) in [5, 5.41) is 18.4. The Morgan fingerprint density at radius 1 is 0.488 bits per heavy atom. The van der Waals surface area contributed by atoms with Crippen molar-refractivity contribution in [1.82, 2.24) is 42.2 Å². The van der Waals surface area contributed by atoms with E-state index in [0.29, 0.717) is 22.0 Å². The van der Waals surface area contributed by atoms with E-state index in [1.165, 1.54) is 13.1 Å². The van der Waals surface area contributed by atoms with Crippen LogP contribution in [-0.2, 0) is 77.8 Å². The summed E-state index contributed by atoms with van der Waals surface area (Å²) in [4.78, 5) is 130. The number of fused-ring (bicyclic) bond motifs is 1. The maximum absolute atomic E-state index is 14.8. The predicted octanol–water partition coefficient (Wildman–Crippen LogP) is 5.24. The van der Waals surface area contributed by atoms with E-state index in [-0.39, 0.29) is 24.0 Å². The average molecular weight is 1170 g/mol. The maximum Gasteiger partial charge on any atom is 0.416 e. The van der Waals surface area contributed by atoms with Gasteiger partial charge in [0.2, 0.25) is 41.4 Å². The third kappa shape index (κ3) is 18.4. The fraction of sp³-hybridized carbons (Fsp3) is 0.339. The Balaban J connectivity index is 1.39. The second kappa shape index (κ2) is 28.6. The molecule has 6 rings (SSSR count). The lowest BCUT2D eigenvalue weighted by Crippen LogP contribution is -2.62. The highest BCUT2D eigenvalue weighted by atomic mass is 19.4. The normalized spacial score (nSPS) is 21.2. The van der Waals surface area contributed by atoms with Crippen LogP contribution in [0.15, 0.2) is 121 Å². The van der Waals surface area contributed by atoms with Gasteiger partial charge in [-0.25, -0.2) is 9.59 Å². The van der Waals surface area contributed by atoms with Crippen molar-refractivity contribution in [2.75, 3.05) is 13.2 Å². The van der Waals surface area contributed by atoms with Gasteiger partial charge in [0.1, 0.15) is 55.5 Å². The number of hydrogen-bond acceptors (Lipinski definition) is 11. The van der Waals surface area contributed by atoms with E-state index in [4.69, 9.17) is 9.47 Å². The number of carbonyl (C=O) groups excluding carboxylic acids is 9. The molecular formula is C59H62F6N8O11. The molecule has 25 heteroatoms. The molecule has 0 bridgehead atoms. The summed E-state index contributed by atoms with van der Waals surface area (Å²) in [7, 11) is 0. The van der Waals surface area contributed by atoms with Gasteiger partial charge in [0.15, 0.2) is 0 Å². The molecule has 1 aliphatic heterocycles. The number of para-hydroxylation sites is 1. The van der Waals surface area contributed by atoms with Crippen molar-refractivity contribution < 1.29 is 79.0 Å². The quantitative estimate of drug-likeness (QED) is 0.0405. The first-order valence-corrected chi connectivity index (χ1v) is 26.4. The number of carbonyl (C=O) groups is 9. The molecule has 2 heterocycles. The molecule has 0 saturated carbocycles. The van der Waals surface area contributed by atoms with E-state index in [2.05, 4.69) is 42.2 Å². The molecule has 0 radical (unpaired) electrons. The van der Waals surface area contributed by atoms with Gasteiger partial charge < -0.3 is 51.7 Å². The van der Waals surface area contributed by atoms with E-state index in [1.807, 2.05) is 0 Å². The number of halogens is 6. The van der Waals surface area contributed by atoms with Crippen LogP contribution in [0.5, 0.6) is 0 Å². The van der Waals surface area contributed by atoms with Gasteiger partial charge in [-0.05, 0) is 83.5 Å². The second-order valence-electron chi connectivity index (χ2n) is 20.4. The summed E-state index contributed by atoms with van der Waals surface area (Å²) in [6.45, 7) is 5.64. The summed E-state index contributed by atoms with van der Waals surface area (Å²) >= 11 is 0. The molecule has 1 saturated heterocycles. The lowest BCUT2D eigenvalue weighted by atomic mass is 9.99. The number of H-pyrrole nitrogens is 1. The molecule has 1 aliphatic rings. The zero-order chi connectivity index (χ0) is 61.5. The van der Waals surface area contributed by atoms with Crippen molar-refractivity contribution in [3.63, 3.8) is 0 Å². The molecule has 446 valence electrons. The molecule has 1 fully saturated rings. The summed E-state index contributed by atoms with van der Waals surface area (Å²) in [5.41, 5.74) is 0.0175. The topological polar surface area (TPSA) is 272 Å². The van der Waals surface area contributed by atoms with Crippen LogP contribution in [0.3, 0.4) is 0 Å². The number of aromatic nitrogens is 1. The average Bonchev–Trinajstić information content (AvgIpc) is 3.91. The minimum Gasteiger partial charge on any atom is -0.460 e. The Bertz CT molecular complexity index is 3240. The molecule has 0 aliphatic carbocycles. The van der Waals surface area contributed by atoms with Gasteiger partial charge >= 0.3 is 24.3 Å². The first-order valence-electron chi connectivity index (χ1n) is 26.4. The second-order valence-corrected chi connectivity index (χ2v) is 20.4. The van der Waals surface area contributed by atoms with Gasteiger partial charge in [-0.3, -0.25) is 33.6 Å². The number of esters is 2. The Morgan fingerprint density at radius 3 is 1.39 bits per heavy atom. The van der Waals surface area contributed by atoms with Crippen LogP contribution in [0, 0.1) is 11.8 Å². The molecule has 7 amide bonds. The Labute approximate surface area is 478 Å². The van der Waals surface area contributed by atoms with Gasteiger partial charge in [-0.15, -0.1) is 0 Å². The van der Waals surface area contributed by atoms with Gasteiger partial charge in [0, 0.05) is 42.1 Å². The van der Waals surface area contributed by atoms with Crippen molar-refractivity contribution >= 4 is 76.3 Å². The summed E-state index contributed by atoms with van der Waals surface area (Å²) in [6.07, 6.45) is -4.28. The number of benzene rings is 4. The number of ether oxygens (including phenoxy) is 2. The first-order chi connectivity index (χ1) is 39.7. The molecule has 0 spiro atoms. The van der Waals surface area contributed by atoms with Crippen LogP contribution in [0.25, 0.3) is 23.1 Å². The fourth-order valence-electron chi connectivity index (χ4n) is 8.53. The zero-order valence-electron chi connectivity index (χ0n) is 46.0. The van der Waals surface area contributed by atoms with Crippen molar-refractivity contribution in [2.24, 2.45) is 11.8 Å². The number of hydrogen-bond donors (Lipinski definition) is 8. The number of rotatable bonds is 14. The molecule has 7 atom stereocenters. The molecule has 4 aromatic carbocycles. The van der Waals surface area contributed by atoms with E-state index >= 15 is 0 Å². The summed E-state index contributed by atoms with van der Waals surface area (Å²) in [5.74, 6) is -10.8. The fourth-order valence-corrected chi connectivity index (χ4v) is 8.53. The van der Waals surface area contributed by atoms with E-state index in [9.17, 15) is 69.5 Å². The van der Waals surface area contributed by atoms with E-state index in [0.717, 1.165) is 72.8 Å². The molecule has 84 heavy (non-hydrogen) atoms. The molecule has 5 aromatic rings.